The van der Waals surface area contributed by atoms with Gasteiger partial charge in [-0.2, -0.15) is 0 Å². The first-order valence-electron chi connectivity index (χ1n) is 12.0. The van der Waals surface area contributed by atoms with Crippen LogP contribution >= 0.6 is 0 Å². The van der Waals surface area contributed by atoms with Crippen LogP contribution in [0, 0.1) is 0 Å². The second kappa shape index (κ2) is 17.7. The first kappa shape index (κ1) is 27.9. The van der Waals surface area contributed by atoms with Gasteiger partial charge in [0.2, 0.25) is 0 Å². The van der Waals surface area contributed by atoms with E-state index >= 15 is 0 Å². The molecule has 29 heavy (non-hydrogen) atoms. The topological polar surface area (TPSA) is 55.8 Å². The molecule has 0 amide bonds. The van der Waals surface area contributed by atoms with Crippen LogP contribution in [0.2, 0.25) is 0 Å². The molecule has 0 aromatic heterocycles. The zero-order valence-electron chi connectivity index (χ0n) is 19.9. The predicted molar refractivity (Wildman–Crippen MR) is 119 cm³/mol. The fraction of sp³-hybridized carbons (Fsp3) is 0.917. The van der Waals surface area contributed by atoms with Gasteiger partial charge in [-0.05, 0) is 26.9 Å². The van der Waals surface area contributed by atoms with E-state index in [1.54, 1.807) is 25.9 Å². The predicted octanol–water partition coefficient (Wildman–Crippen LogP) is 6.59. The summed E-state index contributed by atoms with van der Waals surface area (Å²) in [5.41, 5.74) is 0. The fourth-order valence-corrected chi connectivity index (χ4v) is 3.18. The summed E-state index contributed by atoms with van der Waals surface area (Å²) in [6, 6.07) is 0. The van der Waals surface area contributed by atoms with Gasteiger partial charge in [0.25, 0.3) is 0 Å². The van der Waals surface area contributed by atoms with E-state index in [1.165, 1.54) is 51.4 Å². The molecule has 0 aliphatic rings. The van der Waals surface area contributed by atoms with Gasteiger partial charge in [0.1, 0.15) is 0 Å². The molecule has 0 radical (unpaired) electrons. The van der Waals surface area contributed by atoms with Gasteiger partial charge < -0.3 is 9.47 Å². The second-order valence-electron chi connectivity index (χ2n) is 8.48. The van der Waals surface area contributed by atoms with Crippen molar-refractivity contribution < 1.29 is 19.1 Å². The van der Waals surface area contributed by atoms with E-state index in [9.17, 15) is 9.59 Å². The molecule has 172 valence electrons. The summed E-state index contributed by atoms with van der Waals surface area (Å²) in [6.07, 6.45) is 16.8. The van der Waals surface area contributed by atoms with E-state index in [0.29, 0.717) is 12.8 Å². The molecule has 0 spiro atoms. The van der Waals surface area contributed by atoms with Crippen LogP contribution in [-0.4, -0.2) is 36.8 Å². The Bertz CT molecular complexity index is 391. The molecule has 5 nitrogen and oxygen atoms in total. The molecule has 0 aromatic carbocycles. The number of rotatable bonds is 19. The lowest BCUT2D eigenvalue weighted by molar-refractivity contribution is -0.269. The van der Waals surface area contributed by atoms with Crippen molar-refractivity contribution >= 4 is 11.9 Å². The number of ether oxygens (including phenoxy) is 2. The Kier molecular flexibility index (Phi) is 17.1. The van der Waals surface area contributed by atoms with Gasteiger partial charge in [0.15, 0.2) is 0 Å². The molecular formula is C24H47NO4. The van der Waals surface area contributed by atoms with Crippen molar-refractivity contribution in [2.45, 2.75) is 129 Å². The highest BCUT2D eigenvalue weighted by molar-refractivity contribution is 5.71. The zero-order valence-corrected chi connectivity index (χ0v) is 19.9. The van der Waals surface area contributed by atoms with Crippen LogP contribution in [0.5, 0.6) is 0 Å². The van der Waals surface area contributed by atoms with Gasteiger partial charge in [-0.15, -0.1) is 0 Å². The third-order valence-corrected chi connectivity index (χ3v) is 5.39. The van der Waals surface area contributed by atoms with Gasteiger partial charge in [-0.3, -0.25) is 9.59 Å². The Labute approximate surface area is 179 Å². The molecule has 0 heterocycles. The molecule has 5 heteroatoms. The van der Waals surface area contributed by atoms with E-state index in [2.05, 4.69) is 13.8 Å². The minimum atomic E-state index is -1.34. The summed E-state index contributed by atoms with van der Waals surface area (Å²) in [5, 5.41) is 0. The van der Waals surface area contributed by atoms with Crippen LogP contribution in [0.15, 0.2) is 0 Å². The maximum absolute atomic E-state index is 12.2. The smallest absolute Gasteiger partial charge is 0.317 e. The van der Waals surface area contributed by atoms with Crippen LogP contribution < -0.4 is 0 Å². The minimum absolute atomic E-state index is 0.307. The highest BCUT2D eigenvalue weighted by Crippen LogP contribution is 2.20. The van der Waals surface area contributed by atoms with Gasteiger partial charge >= 0.3 is 17.8 Å². The van der Waals surface area contributed by atoms with Crippen molar-refractivity contribution in [3.05, 3.63) is 0 Å². The third kappa shape index (κ3) is 15.4. The second-order valence-corrected chi connectivity index (χ2v) is 8.48. The highest BCUT2D eigenvalue weighted by Gasteiger charge is 2.35. The number of hydrogen-bond acceptors (Lipinski definition) is 5. The third-order valence-electron chi connectivity index (χ3n) is 5.39. The molecule has 0 atom stereocenters. The van der Waals surface area contributed by atoms with Crippen molar-refractivity contribution in [3.63, 3.8) is 0 Å². The molecule has 0 saturated heterocycles. The van der Waals surface area contributed by atoms with E-state index in [0.717, 1.165) is 38.5 Å². The molecule has 0 rings (SSSR count). The summed E-state index contributed by atoms with van der Waals surface area (Å²) < 4.78 is 11.1. The average Bonchev–Trinajstić information content (AvgIpc) is 2.66. The lowest BCUT2D eigenvalue weighted by Crippen LogP contribution is -2.49. The molecule has 0 N–H and O–H groups in total. The number of carbonyl (C=O) groups is 2. The molecule has 0 bridgehead atoms. The van der Waals surface area contributed by atoms with E-state index in [1.807, 2.05) is 0 Å². The standard InChI is InChI=1S/C24H47NO4/c1-6-8-10-12-14-16-18-20-22(26)28-24(3,25(4)5)29-23(27)21-19-17-15-13-11-9-7-2/h6-21H2,1-5H3. The number of nitrogens with zero attached hydrogens (tertiary/aromatic N) is 1. The molecule has 0 fully saturated rings. The number of unbranched alkanes of at least 4 members (excludes halogenated alkanes) is 12. The SMILES string of the molecule is CCCCCCCCCC(=O)OC(C)(OC(=O)CCCCCCCCC)N(C)C. The molecule has 0 aliphatic heterocycles. The van der Waals surface area contributed by atoms with E-state index < -0.39 is 5.91 Å². The minimum Gasteiger partial charge on any atom is -0.409 e. The van der Waals surface area contributed by atoms with E-state index in [-0.39, 0.29) is 11.9 Å². The summed E-state index contributed by atoms with van der Waals surface area (Å²) in [6.45, 7) is 6.05. The Hall–Kier alpha value is -1.10. The summed E-state index contributed by atoms with van der Waals surface area (Å²) in [4.78, 5) is 26.1. The van der Waals surface area contributed by atoms with Crippen molar-refractivity contribution in [1.29, 1.82) is 0 Å². The molecule has 0 saturated carbocycles. The quantitative estimate of drug-likeness (QED) is 0.136. The maximum atomic E-state index is 12.2. The van der Waals surface area contributed by atoms with Crippen LogP contribution in [0.3, 0.4) is 0 Å². The van der Waals surface area contributed by atoms with Gasteiger partial charge in [-0.25, -0.2) is 4.90 Å². The first-order chi connectivity index (χ1) is 13.9. The van der Waals surface area contributed by atoms with Crippen molar-refractivity contribution in [2.24, 2.45) is 0 Å². The van der Waals surface area contributed by atoms with Gasteiger partial charge in [0.05, 0.1) is 0 Å². The first-order valence-corrected chi connectivity index (χ1v) is 12.0. The monoisotopic (exact) mass is 413 g/mol. The summed E-state index contributed by atoms with van der Waals surface area (Å²) in [5.74, 6) is -1.95. The number of esters is 2. The molecule has 0 aliphatic carbocycles. The Morgan fingerprint density at radius 1 is 0.621 bits per heavy atom. The number of hydrogen-bond donors (Lipinski definition) is 0. The average molecular weight is 414 g/mol. The summed E-state index contributed by atoms with van der Waals surface area (Å²) in [7, 11) is 3.50. The van der Waals surface area contributed by atoms with Crippen LogP contribution in [0.4, 0.5) is 0 Å². The van der Waals surface area contributed by atoms with E-state index in [4.69, 9.17) is 9.47 Å². The fourth-order valence-electron chi connectivity index (χ4n) is 3.18. The maximum Gasteiger partial charge on any atom is 0.317 e. The molecule has 0 aromatic rings. The van der Waals surface area contributed by atoms with Crippen molar-refractivity contribution in [2.75, 3.05) is 14.1 Å². The van der Waals surface area contributed by atoms with Crippen molar-refractivity contribution in [1.82, 2.24) is 4.90 Å². The Morgan fingerprint density at radius 2 is 0.931 bits per heavy atom. The van der Waals surface area contributed by atoms with Crippen molar-refractivity contribution in [3.8, 4) is 0 Å². The molecular weight excluding hydrogens is 366 g/mol. The number of carbonyl (C=O) groups excluding carboxylic acids is 2. The Balaban J connectivity index is 4.10. The lowest BCUT2D eigenvalue weighted by atomic mass is 10.1. The zero-order chi connectivity index (χ0) is 22.0. The van der Waals surface area contributed by atoms with Crippen LogP contribution in [0.25, 0.3) is 0 Å². The molecule has 0 unspecified atom stereocenters. The lowest BCUT2D eigenvalue weighted by Gasteiger charge is -2.34. The van der Waals surface area contributed by atoms with Crippen LogP contribution in [0.1, 0.15) is 124 Å². The van der Waals surface area contributed by atoms with Gasteiger partial charge in [-0.1, -0.05) is 90.9 Å². The highest BCUT2D eigenvalue weighted by atomic mass is 16.8. The van der Waals surface area contributed by atoms with Gasteiger partial charge in [0, 0.05) is 19.8 Å². The normalized spacial score (nSPS) is 11.7. The Morgan fingerprint density at radius 3 is 1.24 bits per heavy atom. The van der Waals surface area contributed by atoms with Crippen LogP contribution in [-0.2, 0) is 19.1 Å². The largest absolute Gasteiger partial charge is 0.409 e. The summed E-state index contributed by atoms with van der Waals surface area (Å²) >= 11 is 0.